The lowest BCUT2D eigenvalue weighted by atomic mass is 10.2. The van der Waals surface area contributed by atoms with Gasteiger partial charge < -0.3 is 13.9 Å². The highest BCUT2D eigenvalue weighted by Crippen LogP contribution is 2.32. The number of nitrogens with zero attached hydrogens (tertiary/aromatic N) is 2. The van der Waals surface area contributed by atoms with Crippen LogP contribution in [-0.2, 0) is 14.8 Å². The van der Waals surface area contributed by atoms with Gasteiger partial charge in [-0.2, -0.15) is 5.10 Å². The average Bonchev–Trinajstić information content (AvgIpc) is 2.95. The molecular formula is C17H20BrN3O6S. The van der Waals surface area contributed by atoms with E-state index in [1.54, 1.807) is 19.1 Å². The van der Waals surface area contributed by atoms with E-state index in [9.17, 15) is 13.2 Å². The van der Waals surface area contributed by atoms with Gasteiger partial charge in [0.15, 0.2) is 11.5 Å². The second-order valence-corrected chi connectivity index (χ2v) is 8.42. The Labute approximate surface area is 171 Å². The number of rotatable bonds is 8. The van der Waals surface area contributed by atoms with E-state index in [0.717, 1.165) is 15.0 Å². The fourth-order valence-corrected chi connectivity index (χ4v) is 3.41. The summed E-state index contributed by atoms with van der Waals surface area (Å²) < 4.78 is 41.8. The molecule has 0 aliphatic heterocycles. The van der Waals surface area contributed by atoms with Crippen molar-refractivity contribution in [1.82, 2.24) is 5.43 Å². The zero-order valence-corrected chi connectivity index (χ0v) is 18.1. The average molecular weight is 474 g/mol. The molecule has 0 unspecified atom stereocenters. The smallest absolute Gasteiger partial charge is 0.260 e. The number of halogens is 1. The first kappa shape index (κ1) is 21.8. The van der Waals surface area contributed by atoms with Gasteiger partial charge in [-0.25, -0.2) is 13.8 Å². The summed E-state index contributed by atoms with van der Waals surface area (Å²) in [5.74, 6) is 1.26. The Kier molecular flexibility index (Phi) is 7.08. The van der Waals surface area contributed by atoms with Gasteiger partial charge in [0.25, 0.3) is 5.91 Å². The van der Waals surface area contributed by atoms with Crippen LogP contribution in [0.1, 0.15) is 11.5 Å². The number of aryl methyl sites for hydroxylation is 1. The van der Waals surface area contributed by atoms with Crippen molar-refractivity contribution in [3.8, 4) is 11.5 Å². The zero-order valence-electron chi connectivity index (χ0n) is 15.7. The Morgan fingerprint density at radius 2 is 1.96 bits per heavy atom. The van der Waals surface area contributed by atoms with Crippen molar-refractivity contribution in [2.24, 2.45) is 5.10 Å². The van der Waals surface area contributed by atoms with E-state index in [2.05, 4.69) is 26.5 Å². The summed E-state index contributed by atoms with van der Waals surface area (Å²) in [4.78, 5) is 12.2. The van der Waals surface area contributed by atoms with Crippen LogP contribution < -0.4 is 19.2 Å². The van der Waals surface area contributed by atoms with E-state index in [-0.39, 0.29) is 5.69 Å². The quantitative estimate of drug-likeness (QED) is 0.465. The second-order valence-electron chi connectivity index (χ2n) is 5.65. The predicted octanol–water partition coefficient (Wildman–Crippen LogP) is 2.28. The largest absolute Gasteiger partial charge is 0.493 e. The first-order valence-electron chi connectivity index (χ1n) is 7.93. The molecule has 0 saturated carbocycles. The molecule has 0 bridgehead atoms. The highest BCUT2D eigenvalue weighted by Gasteiger charge is 2.22. The molecule has 1 N–H and O–H groups in total. The maximum absolute atomic E-state index is 12.2. The van der Waals surface area contributed by atoms with Gasteiger partial charge in [0.05, 0.1) is 36.9 Å². The lowest BCUT2D eigenvalue weighted by molar-refractivity contribution is -0.119. The zero-order chi connectivity index (χ0) is 20.9. The van der Waals surface area contributed by atoms with E-state index < -0.39 is 22.5 Å². The molecule has 0 atom stereocenters. The Bertz CT molecular complexity index is 967. The Hall–Kier alpha value is -2.53. The van der Waals surface area contributed by atoms with E-state index in [0.29, 0.717) is 23.0 Å². The van der Waals surface area contributed by atoms with Crippen molar-refractivity contribution in [2.75, 3.05) is 31.3 Å². The van der Waals surface area contributed by atoms with Crippen LogP contribution in [-0.4, -0.2) is 47.6 Å². The Morgan fingerprint density at radius 3 is 2.50 bits per heavy atom. The monoisotopic (exact) mass is 473 g/mol. The van der Waals surface area contributed by atoms with Gasteiger partial charge in [0, 0.05) is 12.1 Å². The van der Waals surface area contributed by atoms with Gasteiger partial charge in [-0.3, -0.25) is 9.10 Å². The number of amides is 1. The van der Waals surface area contributed by atoms with Crippen molar-refractivity contribution >= 4 is 43.8 Å². The number of hydrazone groups is 1. The summed E-state index contributed by atoms with van der Waals surface area (Å²) in [6.45, 7) is 1.31. The van der Waals surface area contributed by atoms with Crippen molar-refractivity contribution < 1.29 is 27.1 Å². The van der Waals surface area contributed by atoms with E-state index in [1.807, 2.05) is 0 Å². The number of anilines is 1. The van der Waals surface area contributed by atoms with Gasteiger partial charge in [-0.05, 0) is 35.0 Å². The third-order valence-corrected chi connectivity index (χ3v) is 5.53. The van der Waals surface area contributed by atoms with E-state index in [1.165, 1.54) is 32.6 Å². The fraction of sp³-hybridized carbons (Fsp3) is 0.294. The van der Waals surface area contributed by atoms with Crippen LogP contribution in [0.5, 0.6) is 11.5 Å². The summed E-state index contributed by atoms with van der Waals surface area (Å²) in [5, 5.41) is 3.78. The number of hydrogen-bond donors (Lipinski definition) is 1. The maximum atomic E-state index is 12.2. The number of sulfonamides is 1. The standard InChI is InChI=1S/C17H20BrN3O6S/c1-11-14(18)8-13(27-11)9-19-20-17(22)10-21(28(4,23)24)12-5-6-15(25-2)16(7-12)26-3/h5-9H,10H2,1-4H3,(H,20,22)/b19-9-. The van der Waals surface area contributed by atoms with Crippen LogP contribution in [0.4, 0.5) is 5.69 Å². The minimum absolute atomic E-state index is 0.255. The highest BCUT2D eigenvalue weighted by atomic mass is 79.9. The van der Waals surface area contributed by atoms with Crippen LogP contribution in [0.25, 0.3) is 0 Å². The van der Waals surface area contributed by atoms with Crippen molar-refractivity contribution in [2.45, 2.75) is 6.92 Å². The van der Waals surface area contributed by atoms with Crippen LogP contribution in [0, 0.1) is 6.92 Å². The normalized spacial score (nSPS) is 11.5. The van der Waals surface area contributed by atoms with Crippen LogP contribution >= 0.6 is 15.9 Å². The van der Waals surface area contributed by atoms with Crippen LogP contribution in [0.2, 0.25) is 0 Å². The topological polar surface area (TPSA) is 110 Å². The predicted molar refractivity (Wildman–Crippen MR) is 109 cm³/mol. The van der Waals surface area contributed by atoms with Crippen molar-refractivity contribution in [3.63, 3.8) is 0 Å². The lowest BCUT2D eigenvalue weighted by Crippen LogP contribution is -2.39. The molecular weight excluding hydrogens is 454 g/mol. The second kappa shape index (κ2) is 9.11. The van der Waals surface area contributed by atoms with Crippen LogP contribution in [0.3, 0.4) is 0 Å². The molecule has 1 heterocycles. The van der Waals surface area contributed by atoms with Gasteiger partial charge in [-0.15, -0.1) is 0 Å². The number of nitrogens with one attached hydrogen (secondary N) is 1. The van der Waals surface area contributed by atoms with Crippen molar-refractivity contribution in [3.05, 3.63) is 40.3 Å². The SMILES string of the molecule is COc1ccc(N(CC(=O)N/N=C\c2cc(Br)c(C)o2)S(C)(=O)=O)cc1OC. The molecule has 0 aliphatic rings. The Balaban J connectivity index is 2.15. The van der Waals surface area contributed by atoms with Gasteiger partial charge in [0.2, 0.25) is 10.0 Å². The van der Waals surface area contributed by atoms with Gasteiger partial charge >= 0.3 is 0 Å². The van der Waals surface area contributed by atoms with Crippen LogP contribution in [0.15, 0.2) is 38.3 Å². The minimum Gasteiger partial charge on any atom is -0.493 e. The van der Waals surface area contributed by atoms with Gasteiger partial charge in [-0.1, -0.05) is 0 Å². The first-order chi connectivity index (χ1) is 13.2. The number of carbonyl (C=O) groups excluding carboxylic acids is 1. The summed E-state index contributed by atoms with van der Waals surface area (Å²) >= 11 is 3.30. The minimum atomic E-state index is -3.74. The number of methoxy groups -OCH3 is 2. The number of furan rings is 1. The summed E-state index contributed by atoms with van der Waals surface area (Å²) in [5.41, 5.74) is 2.53. The molecule has 1 amide bonds. The third-order valence-electron chi connectivity index (χ3n) is 3.60. The molecule has 0 saturated heterocycles. The molecule has 11 heteroatoms. The molecule has 9 nitrogen and oxygen atoms in total. The molecule has 1 aromatic carbocycles. The fourth-order valence-electron chi connectivity index (χ4n) is 2.26. The molecule has 2 rings (SSSR count). The summed E-state index contributed by atoms with van der Waals surface area (Å²) in [6.07, 6.45) is 2.32. The molecule has 0 aliphatic carbocycles. The summed E-state index contributed by atoms with van der Waals surface area (Å²) in [6, 6.07) is 6.23. The number of carbonyl (C=O) groups is 1. The lowest BCUT2D eigenvalue weighted by Gasteiger charge is -2.22. The molecule has 0 spiro atoms. The van der Waals surface area contributed by atoms with E-state index >= 15 is 0 Å². The first-order valence-corrected chi connectivity index (χ1v) is 10.6. The number of ether oxygens (including phenoxy) is 2. The molecule has 0 radical (unpaired) electrons. The van der Waals surface area contributed by atoms with Gasteiger partial charge in [0.1, 0.15) is 18.1 Å². The maximum Gasteiger partial charge on any atom is 0.260 e. The van der Waals surface area contributed by atoms with E-state index in [4.69, 9.17) is 13.9 Å². The molecule has 1 aromatic heterocycles. The molecule has 0 fully saturated rings. The number of hydrogen-bond acceptors (Lipinski definition) is 7. The molecule has 152 valence electrons. The third kappa shape index (κ3) is 5.49. The highest BCUT2D eigenvalue weighted by molar-refractivity contribution is 9.10. The van der Waals surface area contributed by atoms with Crippen molar-refractivity contribution in [1.29, 1.82) is 0 Å². The molecule has 2 aromatic rings. The molecule has 28 heavy (non-hydrogen) atoms. The summed E-state index contributed by atoms with van der Waals surface area (Å²) in [7, 11) is -0.836. The number of benzene rings is 1. The Morgan fingerprint density at radius 1 is 1.29 bits per heavy atom.